The molecule has 0 N–H and O–H groups in total. The lowest BCUT2D eigenvalue weighted by Gasteiger charge is -2.11. The molecule has 2 aromatic carbocycles. The highest BCUT2D eigenvalue weighted by Crippen LogP contribution is 2.39. The number of halogens is 1. The number of nitrogens with zero attached hydrogens (tertiary/aromatic N) is 1. The largest absolute Gasteiger partial charge is 0.489 e. The normalized spacial score (nSPS) is 13.0. The summed E-state index contributed by atoms with van der Waals surface area (Å²) in [7, 11) is 1.40. The predicted molar refractivity (Wildman–Crippen MR) is 125 cm³/mol. The molecule has 1 heterocycles. The Hall–Kier alpha value is -2.99. The molecular weight excluding hydrogens is 425 g/mol. The van der Waals surface area contributed by atoms with Crippen LogP contribution < -0.4 is 4.74 Å². The average molecular weight is 452 g/mol. The summed E-state index contributed by atoms with van der Waals surface area (Å²) >= 11 is 1.63. The van der Waals surface area contributed by atoms with Gasteiger partial charge in [-0.15, -0.1) is 11.3 Å². The number of thiazole rings is 1. The van der Waals surface area contributed by atoms with Crippen LogP contribution in [0.25, 0.3) is 16.1 Å². The third-order valence-corrected chi connectivity index (χ3v) is 6.83. The van der Waals surface area contributed by atoms with Gasteiger partial charge in [0.25, 0.3) is 0 Å². The van der Waals surface area contributed by atoms with Crippen LogP contribution >= 0.6 is 11.3 Å². The van der Waals surface area contributed by atoms with Crippen molar-refractivity contribution in [1.29, 1.82) is 0 Å². The van der Waals surface area contributed by atoms with Crippen molar-refractivity contribution in [3.05, 3.63) is 76.6 Å². The van der Waals surface area contributed by atoms with Crippen molar-refractivity contribution in [1.82, 2.24) is 4.98 Å². The number of benzene rings is 2. The topological polar surface area (TPSA) is 48.4 Å². The van der Waals surface area contributed by atoms with Crippen LogP contribution in [0.2, 0.25) is 0 Å². The minimum absolute atomic E-state index is 0.193. The van der Waals surface area contributed by atoms with Gasteiger partial charge < -0.3 is 9.47 Å². The molecule has 0 radical (unpaired) electrons. The maximum Gasteiger partial charge on any atom is 0.305 e. The lowest BCUT2D eigenvalue weighted by atomic mass is 9.99. The lowest BCUT2D eigenvalue weighted by molar-refractivity contribution is -0.140. The molecule has 166 valence electrons. The molecule has 0 amide bonds. The van der Waals surface area contributed by atoms with E-state index in [0.29, 0.717) is 12.2 Å². The van der Waals surface area contributed by atoms with E-state index in [-0.39, 0.29) is 18.4 Å². The van der Waals surface area contributed by atoms with E-state index in [1.54, 1.807) is 17.4 Å². The minimum atomic E-state index is -0.293. The van der Waals surface area contributed by atoms with Gasteiger partial charge in [0.05, 0.1) is 17.7 Å². The molecule has 0 spiro atoms. The van der Waals surface area contributed by atoms with Crippen LogP contribution in [0, 0.1) is 5.82 Å². The molecule has 0 fully saturated rings. The fourth-order valence-electron chi connectivity index (χ4n) is 3.84. The summed E-state index contributed by atoms with van der Waals surface area (Å²) in [5.74, 6) is 0.226. The molecule has 32 heavy (non-hydrogen) atoms. The standard InChI is InChI=1S/C26H26FNO3S/c1-17-5-3-7-23-25(17)32-26(28-23)22-14-11-20(27)15-19(22)16-31-21-12-9-18(10-13-21)6-4-8-24(29)30-2/h9-15H,1,3-8,16H2,2H3. The summed E-state index contributed by atoms with van der Waals surface area (Å²) in [6, 6.07) is 12.5. The number of hydrogen-bond donors (Lipinski definition) is 0. The number of esters is 1. The van der Waals surface area contributed by atoms with E-state index in [9.17, 15) is 9.18 Å². The van der Waals surface area contributed by atoms with Crippen molar-refractivity contribution in [2.75, 3.05) is 7.11 Å². The Morgan fingerprint density at radius 1 is 1.19 bits per heavy atom. The molecule has 4 nitrogen and oxygen atoms in total. The monoisotopic (exact) mass is 451 g/mol. The Morgan fingerprint density at radius 3 is 2.75 bits per heavy atom. The Balaban J connectivity index is 1.44. The first-order valence-corrected chi connectivity index (χ1v) is 11.6. The van der Waals surface area contributed by atoms with Gasteiger partial charge in [0.15, 0.2) is 0 Å². The van der Waals surface area contributed by atoms with Crippen LogP contribution in [-0.2, 0) is 29.0 Å². The van der Waals surface area contributed by atoms with Crippen LogP contribution in [0.15, 0.2) is 49.0 Å². The van der Waals surface area contributed by atoms with E-state index >= 15 is 0 Å². The Bertz CT molecular complexity index is 1120. The number of methoxy groups -OCH3 is 1. The first kappa shape index (κ1) is 22.2. The highest BCUT2D eigenvalue weighted by molar-refractivity contribution is 7.16. The van der Waals surface area contributed by atoms with E-state index in [0.717, 1.165) is 65.1 Å². The zero-order valence-corrected chi connectivity index (χ0v) is 19.0. The Kier molecular flexibility index (Phi) is 7.00. The van der Waals surface area contributed by atoms with Gasteiger partial charge in [-0.1, -0.05) is 18.7 Å². The van der Waals surface area contributed by atoms with Crippen molar-refractivity contribution >= 4 is 22.9 Å². The van der Waals surface area contributed by atoms with Gasteiger partial charge in [-0.3, -0.25) is 4.79 Å². The summed E-state index contributed by atoms with van der Waals surface area (Å²) in [5.41, 5.74) is 5.03. The molecule has 0 aliphatic heterocycles. The van der Waals surface area contributed by atoms with E-state index in [4.69, 9.17) is 9.72 Å². The number of carbonyl (C=O) groups excluding carboxylic acids is 1. The fourth-order valence-corrected chi connectivity index (χ4v) is 5.01. The summed E-state index contributed by atoms with van der Waals surface area (Å²) in [4.78, 5) is 17.2. The highest BCUT2D eigenvalue weighted by atomic mass is 32.1. The molecular formula is C26H26FNO3S. The predicted octanol–water partition coefficient (Wildman–Crippen LogP) is 6.37. The number of rotatable bonds is 8. The molecule has 6 heteroatoms. The van der Waals surface area contributed by atoms with Crippen LogP contribution in [0.4, 0.5) is 4.39 Å². The highest BCUT2D eigenvalue weighted by Gasteiger charge is 2.20. The van der Waals surface area contributed by atoms with Crippen molar-refractivity contribution in [3.8, 4) is 16.3 Å². The van der Waals surface area contributed by atoms with Gasteiger partial charge in [-0.2, -0.15) is 0 Å². The number of aryl methyl sites for hydroxylation is 2. The Labute approximate surface area is 191 Å². The Morgan fingerprint density at radius 2 is 2.00 bits per heavy atom. The summed E-state index contributed by atoms with van der Waals surface area (Å²) in [6.07, 6.45) is 4.99. The zero-order chi connectivity index (χ0) is 22.5. The van der Waals surface area contributed by atoms with Gasteiger partial charge in [-0.25, -0.2) is 9.37 Å². The minimum Gasteiger partial charge on any atom is -0.489 e. The zero-order valence-electron chi connectivity index (χ0n) is 18.2. The molecule has 0 saturated carbocycles. The number of carbonyl (C=O) groups is 1. The van der Waals surface area contributed by atoms with Gasteiger partial charge >= 0.3 is 5.97 Å². The van der Waals surface area contributed by atoms with E-state index in [1.807, 2.05) is 24.3 Å². The number of allylic oxidation sites excluding steroid dienone is 1. The number of aromatic nitrogens is 1. The smallest absolute Gasteiger partial charge is 0.305 e. The second kappa shape index (κ2) is 10.1. The molecule has 0 unspecified atom stereocenters. The van der Waals surface area contributed by atoms with Crippen molar-refractivity contribution in [2.24, 2.45) is 0 Å². The van der Waals surface area contributed by atoms with E-state index in [2.05, 4.69) is 11.3 Å². The van der Waals surface area contributed by atoms with Gasteiger partial charge in [-0.05, 0) is 73.6 Å². The summed E-state index contributed by atoms with van der Waals surface area (Å²) in [6.45, 7) is 4.43. The van der Waals surface area contributed by atoms with Crippen LogP contribution in [0.5, 0.6) is 5.75 Å². The number of ether oxygens (including phenoxy) is 2. The summed E-state index contributed by atoms with van der Waals surface area (Å²) in [5, 5.41) is 0.887. The maximum atomic E-state index is 14.0. The van der Waals surface area contributed by atoms with Crippen LogP contribution in [-0.4, -0.2) is 18.1 Å². The van der Waals surface area contributed by atoms with Crippen molar-refractivity contribution < 1.29 is 18.7 Å². The van der Waals surface area contributed by atoms with Gasteiger partial charge in [0.1, 0.15) is 23.2 Å². The molecule has 3 aromatic rings. The van der Waals surface area contributed by atoms with Crippen molar-refractivity contribution in [2.45, 2.75) is 45.1 Å². The third-order valence-electron chi connectivity index (χ3n) is 5.60. The van der Waals surface area contributed by atoms with Crippen LogP contribution in [0.3, 0.4) is 0 Å². The fraction of sp³-hybridized carbons (Fsp3) is 0.308. The molecule has 1 aromatic heterocycles. The molecule has 0 saturated heterocycles. The van der Waals surface area contributed by atoms with Crippen molar-refractivity contribution in [3.63, 3.8) is 0 Å². The quantitative estimate of drug-likeness (QED) is 0.373. The number of hydrogen-bond acceptors (Lipinski definition) is 5. The third kappa shape index (κ3) is 5.25. The second-order valence-electron chi connectivity index (χ2n) is 7.92. The number of fused-ring (bicyclic) bond motifs is 1. The lowest BCUT2D eigenvalue weighted by Crippen LogP contribution is -2.01. The van der Waals surface area contributed by atoms with Crippen LogP contribution in [0.1, 0.15) is 47.4 Å². The molecule has 0 atom stereocenters. The first-order valence-electron chi connectivity index (χ1n) is 10.8. The molecule has 1 aliphatic rings. The molecule has 4 rings (SSSR count). The first-order chi connectivity index (χ1) is 15.5. The van der Waals surface area contributed by atoms with E-state index in [1.165, 1.54) is 24.1 Å². The molecule has 1 aliphatic carbocycles. The SMILES string of the molecule is C=C1CCCc2nc(-c3ccc(F)cc3COc3ccc(CCCC(=O)OC)cc3)sc21. The van der Waals surface area contributed by atoms with Gasteiger partial charge in [0, 0.05) is 17.5 Å². The summed E-state index contributed by atoms with van der Waals surface area (Å²) < 4.78 is 24.6. The molecule has 0 bridgehead atoms. The average Bonchev–Trinajstić information content (AvgIpc) is 3.24. The van der Waals surface area contributed by atoms with Gasteiger partial charge in [0.2, 0.25) is 0 Å². The van der Waals surface area contributed by atoms with E-state index < -0.39 is 0 Å². The second-order valence-corrected chi connectivity index (χ2v) is 8.91. The maximum absolute atomic E-state index is 14.0.